The van der Waals surface area contributed by atoms with E-state index in [-0.39, 0.29) is 6.42 Å². The van der Waals surface area contributed by atoms with Gasteiger partial charge >= 0.3 is 5.97 Å². The van der Waals surface area contributed by atoms with Crippen molar-refractivity contribution in [3.05, 3.63) is 11.6 Å². The van der Waals surface area contributed by atoms with Gasteiger partial charge in [-0.05, 0) is 25.7 Å². The highest BCUT2D eigenvalue weighted by atomic mass is 32.2. The third-order valence-electron chi connectivity index (χ3n) is 2.74. The van der Waals surface area contributed by atoms with Gasteiger partial charge in [0.2, 0.25) is 0 Å². The fraction of sp³-hybridized carbons (Fsp3) is 0.700. The van der Waals surface area contributed by atoms with Crippen molar-refractivity contribution in [3.63, 3.8) is 0 Å². The van der Waals surface area contributed by atoms with E-state index >= 15 is 0 Å². The Morgan fingerprint density at radius 2 is 2.08 bits per heavy atom. The summed E-state index contributed by atoms with van der Waals surface area (Å²) < 4.78 is 0. The fourth-order valence-corrected chi connectivity index (χ4v) is 3.86. The lowest BCUT2D eigenvalue weighted by Crippen LogP contribution is -2.09. The molecule has 0 saturated carbocycles. The van der Waals surface area contributed by atoms with Crippen molar-refractivity contribution in [1.29, 1.82) is 0 Å². The van der Waals surface area contributed by atoms with Crippen LogP contribution in [0.25, 0.3) is 0 Å². The summed E-state index contributed by atoms with van der Waals surface area (Å²) in [7, 11) is 0. The Morgan fingerprint density at radius 3 is 2.62 bits per heavy atom. The predicted octanol–water partition coefficient (Wildman–Crippen LogP) is 2.45. The predicted molar refractivity (Wildman–Crippen MR) is 54.0 cm³/mol. The summed E-state index contributed by atoms with van der Waals surface area (Å²) in [5.41, 5.74) is 1.38. The van der Waals surface area contributed by atoms with Crippen LogP contribution in [0.2, 0.25) is 0 Å². The first-order chi connectivity index (χ1) is 6.24. The Hall–Kier alpha value is -0.440. The molecule has 0 radical (unpaired) electrons. The average molecular weight is 198 g/mol. The number of thioether (sulfide) groups is 1. The summed E-state index contributed by atoms with van der Waals surface area (Å²) >= 11 is 2.10. The van der Waals surface area contributed by atoms with Crippen molar-refractivity contribution in [2.75, 3.05) is 0 Å². The molecule has 2 heterocycles. The van der Waals surface area contributed by atoms with Gasteiger partial charge in [-0.25, -0.2) is 0 Å². The van der Waals surface area contributed by atoms with Crippen LogP contribution in [-0.2, 0) is 4.79 Å². The number of rotatable bonds is 2. The molecule has 2 saturated heterocycles. The number of allylic oxidation sites excluding steroid dienone is 1. The second-order valence-electron chi connectivity index (χ2n) is 3.83. The molecule has 13 heavy (non-hydrogen) atoms. The Bertz CT molecular complexity index is 233. The molecular weight excluding hydrogens is 184 g/mol. The van der Waals surface area contributed by atoms with Crippen molar-refractivity contribution in [3.8, 4) is 0 Å². The fourth-order valence-electron chi connectivity index (χ4n) is 2.15. The molecule has 2 bridgehead atoms. The molecule has 2 nitrogen and oxygen atoms in total. The molecule has 2 unspecified atom stereocenters. The van der Waals surface area contributed by atoms with Gasteiger partial charge in [0, 0.05) is 10.5 Å². The monoisotopic (exact) mass is 198 g/mol. The first-order valence-electron chi connectivity index (χ1n) is 4.79. The number of hydrogen-bond acceptors (Lipinski definition) is 2. The minimum Gasteiger partial charge on any atom is -0.481 e. The van der Waals surface area contributed by atoms with Crippen LogP contribution in [-0.4, -0.2) is 21.6 Å². The molecule has 0 aliphatic carbocycles. The van der Waals surface area contributed by atoms with Gasteiger partial charge in [-0.1, -0.05) is 11.6 Å². The molecule has 72 valence electrons. The zero-order valence-electron chi connectivity index (χ0n) is 7.53. The first-order valence-corrected chi connectivity index (χ1v) is 5.73. The number of hydrogen-bond donors (Lipinski definition) is 1. The van der Waals surface area contributed by atoms with Gasteiger partial charge in [0.05, 0.1) is 6.42 Å². The molecule has 2 aliphatic heterocycles. The lowest BCUT2D eigenvalue weighted by molar-refractivity contribution is -0.136. The van der Waals surface area contributed by atoms with Crippen LogP contribution in [0.3, 0.4) is 0 Å². The second kappa shape index (κ2) is 3.74. The minimum atomic E-state index is -0.710. The summed E-state index contributed by atoms with van der Waals surface area (Å²) in [6.45, 7) is 0. The summed E-state index contributed by atoms with van der Waals surface area (Å²) in [4.78, 5) is 10.4. The molecule has 2 atom stereocenters. The first kappa shape index (κ1) is 9.13. The van der Waals surface area contributed by atoms with Gasteiger partial charge in [0.1, 0.15) is 0 Å². The molecule has 2 fully saturated rings. The van der Waals surface area contributed by atoms with E-state index in [1.165, 1.54) is 18.4 Å². The Morgan fingerprint density at radius 1 is 1.46 bits per heavy atom. The number of carboxylic acids is 1. The van der Waals surface area contributed by atoms with Crippen molar-refractivity contribution in [2.45, 2.75) is 42.6 Å². The van der Waals surface area contributed by atoms with E-state index in [0.29, 0.717) is 0 Å². The Balaban J connectivity index is 1.94. The van der Waals surface area contributed by atoms with E-state index in [2.05, 4.69) is 11.8 Å². The van der Waals surface area contributed by atoms with Gasteiger partial charge in [0.15, 0.2) is 0 Å². The van der Waals surface area contributed by atoms with E-state index in [4.69, 9.17) is 5.11 Å². The van der Waals surface area contributed by atoms with Gasteiger partial charge in [0.25, 0.3) is 0 Å². The van der Waals surface area contributed by atoms with Crippen molar-refractivity contribution >= 4 is 17.7 Å². The molecule has 0 amide bonds. The third-order valence-corrected chi connectivity index (χ3v) is 4.32. The van der Waals surface area contributed by atoms with Gasteiger partial charge < -0.3 is 5.11 Å². The summed E-state index contributed by atoms with van der Waals surface area (Å²) in [5.74, 6) is -0.710. The van der Waals surface area contributed by atoms with Crippen LogP contribution in [0, 0.1) is 0 Å². The van der Waals surface area contributed by atoms with E-state index in [1.54, 1.807) is 0 Å². The second-order valence-corrected chi connectivity index (χ2v) is 5.43. The van der Waals surface area contributed by atoms with E-state index in [0.717, 1.165) is 23.3 Å². The lowest BCUT2D eigenvalue weighted by Gasteiger charge is -2.21. The van der Waals surface area contributed by atoms with E-state index < -0.39 is 5.97 Å². The summed E-state index contributed by atoms with van der Waals surface area (Å²) in [6.07, 6.45) is 7.06. The lowest BCUT2D eigenvalue weighted by atomic mass is 10.1. The van der Waals surface area contributed by atoms with Crippen LogP contribution in [0.15, 0.2) is 11.6 Å². The smallest absolute Gasteiger partial charge is 0.307 e. The van der Waals surface area contributed by atoms with Crippen molar-refractivity contribution < 1.29 is 9.90 Å². The molecule has 3 heteroatoms. The third kappa shape index (κ3) is 2.27. The van der Waals surface area contributed by atoms with Crippen LogP contribution in [0.4, 0.5) is 0 Å². The van der Waals surface area contributed by atoms with Gasteiger partial charge in [-0.2, -0.15) is 11.8 Å². The maximum absolute atomic E-state index is 10.4. The van der Waals surface area contributed by atoms with E-state index in [1.807, 2.05) is 6.08 Å². The largest absolute Gasteiger partial charge is 0.481 e. The molecule has 0 spiro atoms. The maximum Gasteiger partial charge on any atom is 0.307 e. The molecule has 0 aromatic rings. The SMILES string of the molecule is O=C(O)CC=C1CC2CCC(C1)S2. The molecule has 0 aromatic heterocycles. The number of aliphatic carboxylic acids is 1. The van der Waals surface area contributed by atoms with Crippen molar-refractivity contribution in [2.24, 2.45) is 0 Å². The topological polar surface area (TPSA) is 37.3 Å². The van der Waals surface area contributed by atoms with E-state index in [9.17, 15) is 4.79 Å². The van der Waals surface area contributed by atoms with Crippen LogP contribution >= 0.6 is 11.8 Å². The number of carboxylic acid groups (broad SMARTS) is 1. The molecule has 1 N–H and O–H groups in total. The summed E-state index contributed by atoms with van der Waals surface area (Å²) in [6, 6.07) is 0. The highest BCUT2D eigenvalue weighted by Crippen LogP contribution is 2.45. The Kier molecular flexibility index (Phi) is 2.63. The van der Waals surface area contributed by atoms with Crippen LogP contribution < -0.4 is 0 Å². The highest BCUT2D eigenvalue weighted by Gasteiger charge is 2.31. The molecule has 0 aromatic carbocycles. The molecule has 2 aliphatic rings. The Labute approximate surface area is 82.4 Å². The zero-order valence-corrected chi connectivity index (χ0v) is 8.35. The quantitative estimate of drug-likeness (QED) is 0.692. The molecule has 2 rings (SSSR count). The molecular formula is C10H14O2S. The standard InChI is InChI=1S/C10H14O2S/c11-10(12)4-1-7-5-8-2-3-9(6-7)13-8/h1,8-9H,2-6H2,(H,11,12). The minimum absolute atomic E-state index is 0.208. The number of carbonyl (C=O) groups is 1. The summed E-state index contributed by atoms with van der Waals surface area (Å²) in [5, 5.41) is 10.1. The zero-order chi connectivity index (χ0) is 9.26. The van der Waals surface area contributed by atoms with Gasteiger partial charge in [-0.15, -0.1) is 0 Å². The van der Waals surface area contributed by atoms with Crippen LogP contribution in [0.5, 0.6) is 0 Å². The van der Waals surface area contributed by atoms with Crippen molar-refractivity contribution in [1.82, 2.24) is 0 Å². The highest BCUT2D eigenvalue weighted by molar-refractivity contribution is 8.00. The van der Waals surface area contributed by atoms with Crippen LogP contribution in [0.1, 0.15) is 32.1 Å². The van der Waals surface area contributed by atoms with Gasteiger partial charge in [-0.3, -0.25) is 4.79 Å². The maximum atomic E-state index is 10.4. The number of fused-ring (bicyclic) bond motifs is 2. The average Bonchev–Trinajstić information content (AvgIpc) is 2.42. The normalized spacial score (nSPS) is 31.8.